The molecule has 0 aromatic heterocycles. The first-order valence-corrected chi connectivity index (χ1v) is 19.1. The average Bonchev–Trinajstić information content (AvgIpc) is 3.36. The molecule has 7 rings (SSSR count). The van der Waals surface area contributed by atoms with Crippen molar-refractivity contribution in [2.24, 2.45) is 11.3 Å². The van der Waals surface area contributed by atoms with Crippen LogP contribution in [0.1, 0.15) is 88.7 Å². The van der Waals surface area contributed by atoms with E-state index in [2.05, 4.69) is 40.1 Å². The van der Waals surface area contributed by atoms with Crippen molar-refractivity contribution in [3.8, 4) is 11.8 Å². The molecule has 11 nitrogen and oxygen atoms in total. The number of carbonyl (C=O) groups excluding carboxylic acids is 2. The van der Waals surface area contributed by atoms with E-state index in [1.54, 1.807) is 12.0 Å². The van der Waals surface area contributed by atoms with Gasteiger partial charge in [0, 0.05) is 50.2 Å². The number of hydrogen-bond acceptors (Lipinski definition) is 10. The summed E-state index contributed by atoms with van der Waals surface area (Å²) in [6.45, 7) is 7.02. The van der Waals surface area contributed by atoms with Gasteiger partial charge in [0.05, 0.1) is 43.5 Å². The van der Waals surface area contributed by atoms with E-state index >= 15 is 4.79 Å². The number of nitrogens with zero attached hydrogens (tertiary/aromatic N) is 4. The van der Waals surface area contributed by atoms with Crippen LogP contribution in [0.15, 0.2) is 36.9 Å². The number of rotatable bonds is 8. The Morgan fingerprint density at radius 3 is 2.60 bits per heavy atom. The van der Waals surface area contributed by atoms with Gasteiger partial charge >= 0.3 is 0 Å². The van der Waals surface area contributed by atoms with Crippen LogP contribution in [0.25, 0.3) is 0 Å². The van der Waals surface area contributed by atoms with Crippen molar-refractivity contribution < 1.29 is 23.8 Å². The molecule has 1 aromatic rings. The van der Waals surface area contributed by atoms with E-state index in [4.69, 9.17) is 14.2 Å². The Morgan fingerprint density at radius 2 is 1.88 bits per heavy atom. The van der Waals surface area contributed by atoms with Crippen molar-refractivity contribution in [3.05, 3.63) is 42.5 Å². The summed E-state index contributed by atoms with van der Waals surface area (Å²) >= 11 is 0. The summed E-state index contributed by atoms with van der Waals surface area (Å²) < 4.78 is 19.6. The molecule has 1 aromatic carbocycles. The minimum atomic E-state index is -1.02. The molecule has 272 valence electrons. The standard InChI is InChI=1S/C39H56N6O5/c1-4-33(46)45-23-22-44(25-28(45)17-20-40)36-39(27-12-7-5-6-8-13-27)19-18-38(24-32(48-3)30-15-9-10-16-31(30)50-38)35(47)34(39)41-37(42-36)49-26-29-14-11-21-43(29)2/h4,9-10,15-16,27-29,32,34,36-37,41-42H,1,5-8,11-14,17-19,21-26H2,2-3H3/t28?,29?,32?,34?,36?,37?,38-,39?/m0/s1. The quantitative estimate of drug-likeness (QED) is 0.305. The van der Waals surface area contributed by atoms with Gasteiger partial charge in [0.2, 0.25) is 5.91 Å². The fourth-order valence-electron chi connectivity index (χ4n) is 10.5. The van der Waals surface area contributed by atoms with E-state index in [0.717, 1.165) is 62.8 Å². The topological polar surface area (TPSA) is 119 Å². The molecular formula is C39H56N6O5. The Balaban J connectivity index is 1.28. The second-order valence-electron chi connectivity index (χ2n) is 15.6. The zero-order valence-corrected chi connectivity index (χ0v) is 30.0. The van der Waals surface area contributed by atoms with E-state index in [1.807, 2.05) is 24.3 Å². The minimum Gasteiger partial charge on any atom is -0.479 e. The third-order valence-corrected chi connectivity index (χ3v) is 13.1. The van der Waals surface area contributed by atoms with Crippen molar-refractivity contribution >= 4 is 11.7 Å². The first kappa shape index (κ1) is 35.5. The summed E-state index contributed by atoms with van der Waals surface area (Å²) in [7, 11) is 3.88. The lowest BCUT2D eigenvalue weighted by Gasteiger charge is -2.63. The van der Waals surface area contributed by atoms with Crippen LogP contribution < -0.4 is 15.4 Å². The molecule has 4 heterocycles. The van der Waals surface area contributed by atoms with Crippen LogP contribution >= 0.6 is 0 Å². The number of likely N-dealkylation sites (N-methyl/N-ethyl adjacent to an activating group) is 1. The number of nitrogens with one attached hydrogen (secondary N) is 2. The fourth-order valence-corrected chi connectivity index (χ4v) is 10.5. The SMILES string of the molecule is C=CC(=O)N1CCN(C2NC(OCC3CCCN3C)NC3C(=O)[C@]4(CCC32C2CCCCCC2)CC(OC)c2ccccc2O4)CC1CC#N. The molecule has 11 heteroatoms. The molecule has 6 aliphatic rings. The molecule has 50 heavy (non-hydrogen) atoms. The number of Topliss-reactive ketones (excluding diaryl/α,β-unsaturated/α-hetero) is 1. The smallest absolute Gasteiger partial charge is 0.246 e. The van der Waals surface area contributed by atoms with Crippen LogP contribution in [0.2, 0.25) is 0 Å². The van der Waals surface area contributed by atoms with Crippen molar-refractivity contribution in [1.82, 2.24) is 25.3 Å². The van der Waals surface area contributed by atoms with Crippen molar-refractivity contribution in [2.75, 3.05) is 46.9 Å². The number of ether oxygens (including phenoxy) is 3. The van der Waals surface area contributed by atoms with Crippen molar-refractivity contribution in [2.45, 2.75) is 119 Å². The highest BCUT2D eigenvalue weighted by Gasteiger charge is 2.66. The highest BCUT2D eigenvalue weighted by molar-refractivity contribution is 5.95. The number of amides is 1. The Bertz CT molecular complexity index is 1440. The molecule has 4 aliphatic heterocycles. The number of fused-ring (bicyclic) bond motifs is 2. The zero-order chi connectivity index (χ0) is 34.9. The third kappa shape index (κ3) is 6.41. The van der Waals surface area contributed by atoms with Crippen LogP contribution in [0.3, 0.4) is 0 Å². The first-order valence-electron chi connectivity index (χ1n) is 19.1. The number of likely N-dealkylation sites (tertiary alicyclic amines) is 1. The average molecular weight is 689 g/mol. The maximum Gasteiger partial charge on any atom is 0.246 e. The van der Waals surface area contributed by atoms with Gasteiger partial charge in [0.25, 0.3) is 0 Å². The maximum atomic E-state index is 15.5. The summed E-state index contributed by atoms with van der Waals surface area (Å²) in [5.41, 5.74) is -0.471. The second-order valence-corrected chi connectivity index (χ2v) is 15.6. The highest BCUT2D eigenvalue weighted by atomic mass is 16.5. The van der Waals surface area contributed by atoms with Crippen LogP contribution in [0, 0.1) is 22.7 Å². The zero-order valence-electron chi connectivity index (χ0n) is 30.0. The van der Waals surface area contributed by atoms with E-state index in [9.17, 15) is 10.1 Å². The van der Waals surface area contributed by atoms with Gasteiger partial charge in [-0.3, -0.25) is 25.1 Å². The predicted octanol–water partition coefficient (Wildman–Crippen LogP) is 4.11. The summed E-state index contributed by atoms with van der Waals surface area (Å²) in [5, 5.41) is 17.6. The second kappa shape index (κ2) is 15.0. The lowest BCUT2D eigenvalue weighted by atomic mass is 9.54. The van der Waals surface area contributed by atoms with Crippen molar-refractivity contribution in [3.63, 3.8) is 0 Å². The Labute approximate surface area is 297 Å². The predicted molar refractivity (Wildman–Crippen MR) is 189 cm³/mol. The number of para-hydroxylation sites is 1. The van der Waals surface area contributed by atoms with Gasteiger partial charge < -0.3 is 24.0 Å². The summed E-state index contributed by atoms with van der Waals surface area (Å²) in [6, 6.07) is 9.85. The number of hydrogen-bond donors (Lipinski definition) is 2. The first-order chi connectivity index (χ1) is 24.3. The van der Waals surface area contributed by atoms with Gasteiger partial charge in [0.1, 0.15) is 5.75 Å². The molecule has 0 radical (unpaired) electrons. The molecule has 1 amide bonds. The third-order valence-electron chi connectivity index (χ3n) is 13.1. The van der Waals surface area contributed by atoms with Gasteiger partial charge in [-0.1, -0.05) is 50.5 Å². The number of ketones is 1. The Morgan fingerprint density at radius 1 is 1.08 bits per heavy atom. The number of methoxy groups -OCH3 is 1. The summed E-state index contributed by atoms with van der Waals surface area (Å²) in [5.74, 6) is 0.987. The molecule has 5 fully saturated rings. The number of nitriles is 1. The number of carbonyl (C=O) groups is 2. The van der Waals surface area contributed by atoms with E-state index in [0.29, 0.717) is 51.0 Å². The van der Waals surface area contributed by atoms with E-state index < -0.39 is 23.4 Å². The monoisotopic (exact) mass is 688 g/mol. The lowest BCUT2D eigenvalue weighted by Crippen LogP contribution is -2.81. The molecular weight excluding hydrogens is 632 g/mol. The molecule has 1 spiro atoms. The Kier molecular flexibility index (Phi) is 10.7. The highest BCUT2D eigenvalue weighted by Crippen LogP contribution is 2.57. The Hall–Kier alpha value is -2.85. The summed E-state index contributed by atoms with van der Waals surface area (Å²) in [4.78, 5) is 35.0. The van der Waals surface area contributed by atoms with Crippen LogP contribution in [0.4, 0.5) is 0 Å². The largest absolute Gasteiger partial charge is 0.479 e. The summed E-state index contributed by atoms with van der Waals surface area (Å²) in [6.07, 6.45) is 11.6. The van der Waals surface area contributed by atoms with Gasteiger partial charge in [-0.2, -0.15) is 5.26 Å². The molecule has 2 N–H and O–H groups in total. The van der Waals surface area contributed by atoms with Crippen LogP contribution in [-0.2, 0) is 19.1 Å². The lowest BCUT2D eigenvalue weighted by molar-refractivity contribution is -0.193. The normalized spacial score (nSPS) is 37.0. The van der Waals surface area contributed by atoms with Crippen LogP contribution in [0.5, 0.6) is 5.75 Å². The van der Waals surface area contributed by atoms with E-state index in [-0.39, 0.29) is 36.4 Å². The molecule has 2 aliphatic carbocycles. The number of benzene rings is 1. The molecule has 8 atom stereocenters. The fraction of sp³-hybridized carbons (Fsp3) is 0.718. The van der Waals surface area contributed by atoms with Gasteiger partial charge in [-0.15, -0.1) is 0 Å². The van der Waals surface area contributed by atoms with E-state index in [1.165, 1.54) is 18.9 Å². The molecule has 0 bridgehead atoms. The van der Waals surface area contributed by atoms with Crippen molar-refractivity contribution in [1.29, 1.82) is 5.26 Å². The number of piperazine rings is 1. The van der Waals surface area contributed by atoms with Crippen LogP contribution in [-0.4, -0.2) is 110 Å². The molecule has 3 saturated heterocycles. The van der Waals surface area contributed by atoms with Gasteiger partial charge in [-0.25, -0.2) is 0 Å². The van der Waals surface area contributed by atoms with Gasteiger partial charge in [0.15, 0.2) is 17.7 Å². The maximum absolute atomic E-state index is 15.5. The van der Waals surface area contributed by atoms with Gasteiger partial charge in [-0.05, 0) is 70.2 Å². The minimum absolute atomic E-state index is 0.0941. The molecule has 2 saturated carbocycles. The molecule has 7 unspecified atom stereocenters.